The molecule has 0 fully saturated rings. The highest BCUT2D eigenvalue weighted by Crippen LogP contribution is 2.15. The molecule has 428 valence electrons. The number of hydrogen-bond donors (Lipinski definition) is 0. The first kappa shape index (κ1) is 71.1. The molecular formula is C69H116O6. The van der Waals surface area contributed by atoms with E-state index in [4.69, 9.17) is 14.2 Å². The second-order valence-corrected chi connectivity index (χ2v) is 20.6. The Morgan fingerprint density at radius 1 is 0.280 bits per heavy atom. The Labute approximate surface area is 463 Å². The lowest BCUT2D eigenvalue weighted by atomic mass is 10.1. The van der Waals surface area contributed by atoms with Crippen molar-refractivity contribution in [3.8, 4) is 0 Å². The molecule has 0 aromatic heterocycles. The Morgan fingerprint density at radius 3 is 0.840 bits per heavy atom. The molecule has 75 heavy (non-hydrogen) atoms. The van der Waals surface area contributed by atoms with Gasteiger partial charge in [-0.1, -0.05) is 271 Å². The van der Waals surface area contributed by atoms with Gasteiger partial charge in [-0.3, -0.25) is 14.4 Å². The van der Waals surface area contributed by atoms with Crippen LogP contribution in [0.4, 0.5) is 0 Å². The summed E-state index contributed by atoms with van der Waals surface area (Å²) in [5, 5.41) is 0. The largest absolute Gasteiger partial charge is 0.462 e. The van der Waals surface area contributed by atoms with Crippen LogP contribution in [0.2, 0.25) is 0 Å². The quantitative estimate of drug-likeness (QED) is 0.0261. The van der Waals surface area contributed by atoms with Gasteiger partial charge in [0.05, 0.1) is 0 Å². The van der Waals surface area contributed by atoms with E-state index in [2.05, 4.69) is 130 Å². The number of esters is 3. The fourth-order valence-corrected chi connectivity index (χ4v) is 8.57. The summed E-state index contributed by atoms with van der Waals surface area (Å²) in [5.41, 5.74) is 0. The number of rotatable bonds is 56. The molecule has 1 unspecified atom stereocenters. The third-order valence-corrected chi connectivity index (χ3v) is 13.3. The SMILES string of the molecule is CC/C=C\C/C=C\C/C=C\C/C=C\C/C=C\C/C=C\CCCCC(=O)OC(COC(=O)CCCCCCCCCCCCC)COC(=O)CCCCCCCCCCCC/C=C\C/C=C\C/C=C\CCCCCCC. The lowest BCUT2D eigenvalue weighted by Gasteiger charge is -2.18. The Balaban J connectivity index is 4.37. The lowest BCUT2D eigenvalue weighted by molar-refractivity contribution is -0.167. The third-order valence-electron chi connectivity index (χ3n) is 13.3. The topological polar surface area (TPSA) is 78.9 Å². The highest BCUT2D eigenvalue weighted by Gasteiger charge is 2.19. The van der Waals surface area contributed by atoms with E-state index < -0.39 is 6.10 Å². The number of unbranched alkanes of at least 4 members (excludes halogenated alkanes) is 27. The summed E-state index contributed by atoms with van der Waals surface area (Å²) in [4.78, 5) is 38.2. The van der Waals surface area contributed by atoms with Crippen LogP contribution in [0, 0.1) is 0 Å². The summed E-state index contributed by atoms with van der Waals surface area (Å²) in [6.45, 7) is 6.48. The van der Waals surface area contributed by atoms with Crippen LogP contribution in [-0.2, 0) is 28.6 Å². The normalized spacial score (nSPS) is 12.8. The van der Waals surface area contributed by atoms with Crippen LogP contribution < -0.4 is 0 Å². The maximum atomic E-state index is 12.9. The van der Waals surface area contributed by atoms with Crippen molar-refractivity contribution in [1.29, 1.82) is 0 Å². The van der Waals surface area contributed by atoms with Gasteiger partial charge < -0.3 is 14.2 Å². The van der Waals surface area contributed by atoms with Gasteiger partial charge in [0.1, 0.15) is 13.2 Å². The zero-order valence-corrected chi connectivity index (χ0v) is 49.0. The molecule has 6 nitrogen and oxygen atoms in total. The molecule has 0 aliphatic carbocycles. The minimum Gasteiger partial charge on any atom is -0.462 e. The van der Waals surface area contributed by atoms with Gasteiger partial charge >= 0.3 is 17.9 Å². The molecule has 6 heteroatoms. The third kappa shape index (κ3) is 60.8. The molecule has 0 rings (SSSR count). The molecule has 0 heterocycles. The Kier molecular flexibility index (Phi) is 59.3. The van der Waals surface area contributed by atoms with E-state index in [1.54, 1.807) is 0 Å². The van der Waals surface area contributed by atoms with Crippen LogP contribution in [0.5, 0.6) is 0 Å². The van der Waals surface area contributed by atoms with Crippen molar-refractivity contribution in [2.45, 2.75) is 297 Å². The Hall–Kier alpha value is -3.93. The molecule has 0 aliphatic heterocycles. The summed E-state index contributed by atoms with van der Waals surface area (Å²) >= 11 is 0. The van der Waals surface area contributed by atoms with Gasteiger partial charge in [0.15, 0.2) is 6.10 Å². The van der Waals surface area contributed by atoms with Gasteiger partial charge in [-0.2, -0.15) is 0 Å². The van der Waals surface area contributed by atoms with E-state index in [1.807, 2.05) is 0 Å². The molecule has 0 N–H and O–H groups in total. The van der Waals surface area contributed by atoms with Gasteiger partial charge in [0.2, 0.25) is 0 Å². The van der Waals surface area contributed by atoms with E-state index in [0.717, 1.165) is 103 Å². The number of carbonyl (C=O) groups excluding carboxylic acids is 3. The van der Waals surface area contributed by atoms with Crippen molar-refractivity contribution in [1.82, 2.24) is 0 Å². The van der Waals surface area contributed by atoms with E-state index in [9.17, 15) is 14.4 Å². The predicted octanol–water partition coefficient (Wildman–Crippen LogP) is 21.4. The molecule has 0 spiro atoms. The number of carbonyl (C=O) groups is 3. The fourth-order valence-electron chi connectivity index (χ4n) is 8.57. The fraction of sp³-hybridized carbons (Fsp3) is 0.696. The number of allylic oxidation sites excluding steroid dienone is 18. The highest BCUT2D eigenvalue weighted by molar-refractivity contribution is 5.71. The number of ether oxygens (including phenoxy) is 3. The van der Waals surface area contributed by atoms with Crippen molar-refractivity contribution in [2.75, 3.05) is 13.2 Å². The van der Waals surface area contributed by atoms with Crippen LogP contribution in [0.1, 0.15) is 290 Å². The van der Waals surface area contributed by atoms with E-state index in [1.165, 1.54) is 141 Å². The van der Waals surface area contributed by atoms with Crippen molar-refractivity contribution >= 4 is 17.9 Å². The van der Waals surface area contributed by atoms with E-state index in [0.29, 0.717) is 19.3 Å². The average molecular weight is 1040 g/mol. The molecule has 0 saturated heterocycles. The maximum absolute atomic E-state index is 12.9. The van der Waals surface area contributed by atoms with E-state index in [-0.39, 0.29) is 37.5 Å². The van der Waals surface area contributed by atoms with Crippen molar-refractivity contribution in [3.05, 3.63) is 109 Å². The average Bonchev–Trinajstić information content (AvgIpc) is 3.41. The van der Waals surface area contributed by atoms with Crippen molar-refractivity contribution < 1.29 is 28.6 Å². The molecular weight excluding hydrogens is 925 g/mol. The second-order valence-electron chi connectivity index (χ2n) is 20.6. The van der Waals surface area contributed by atoms with Crippen LogP contribution in [-0.4, -0.2) is 37.2 Å². The minimum atomic E-state index is -0.804. The second kappa shape index (κ2) is 62.6. The summed E-state index contributed by atoms with van der Waals surface area (Å²) in [6.07, 6.45) is 85.2. The molecule has 0 radical (unpaired) electrons. The van der Waals surface area contributed by atoms with Crippen LogP contribution in [0.15, 0.2) is 109 Å². The van der Waals surface area contributed by atoms with Crippen LogP contribution in [0.3, 0.4) is 0 Å². The molecule has 0 amide bonds. The molecule has 0 bridgehead atoms. The molecule has 0 saturated carbocycles. The smallest absolute Gasteiger partial charge is 0.306 e. The first-order chi connectivity index (χ1) is 37.0. The Bertz CT molecular complexity index is 1520. The number of hydrogen-bond acceptors (Lipinski definition) is 6. The highest BCUT2D eigenvalue weighted by atomic mass is 16.6. The zero-order chi connectivity index (χ0) is 54.3. The predicted molar refractivity (Wildman–Crippen MR) is 325 cm³/mol. The van der Waals surface area contributed by atoms with Crippen LogP contribution >= 0.6 is 0 Å². The first-order valence-corrected chi connectivity index (χ1v) is 31.4. The van der Waals surface area contributed by atoms with Gasteiger partial charge in [0.25, 0.3) is 0 Å². The monoisotopic (exact) mass is 1040 g/mol. The summed E-state index contributed by atoms with van der Waals surface area (Å²) in [6, 6.07) is 0. The molecule has 0 aromatic carbocycles. The van der Waals surface area contributed by atoms with Crippen molar-refractivity contribution in [3.63, 3.8) is 0 Å². The van der Waals surface area contributed by atoms with Gasteiger partial charge in [-0.05, 0) is 109 Å². The molecule has 1 atom stereocenters. The molecule has 0 aliphatic rings. The maximum Gasteiger partial charge on any atom is 0.306 e. The summed E-state index contributed by atoms with van der Waals surface area (Å²) < 4.78 is 16.9. The standard InChI is InChI=1S/C69H116O6/c1-4-7-10-13-16-19-22-24-26-28-30-32-33-34-35-37-38-40-42-44-47-50-53-56-59-62-68(71)74-65-66(64-73-67(70)61-58-55-52-49-46-21-18-15-12-9-6-3)75-69(72)63-60-57-54-51-48-45-43-41-39-36-31-29-27-25-23-20-17-14-11-8-5-2/h8,11,17,20,22,24-25,27-28,30-31,33-34,36,41,43,48,51,66H,4-7,9-10,12-16,18-19,21,23,26,29,32,35,37-40,42,44-47,49-50,52-65H2,1-3H3/b11-8-,20-17-,24-22-,27-25-,30-28-,34-33-,36-31-,43-41-,51-48-. The van der Waals surface area contributed by atoms with Crippen molar-refractivity contribution in [2.24, 2.45) is 0 Å². The first-order valence-electron chi connectivity index (χ1n) is 31.4. The van der Waals surface area contributed by atoms with E-state index >= 15 is 0 Å². The molecule has 0 aromatic rings. The van der Waals surface area contributed by atoms with Gasteiger partial charge in [0, 0.05) is 19.3 Å². The Morgan fingerprint density at radius 2 is 0.520 bits per heavy atom. The minimum absolute atomic E-state index is 0.0961. The summed E-state index contributed by atoms with van der Waals surface area (Å²) in [7, 11) is 0. The van der Waals surface area contributed by atoms with Crippen LogP contribution in [0.25, 0.3) is 0 Å². The zero-order valence-electron chi connectivity index (χ0n) is 49.0. The van der Waals surface area contributed by atoms with Gasteiger partial charge in [-0.15, -0.1) is 0 Å². The van der Waals surface area contributed by atoms with Gasteiger partial charge in [-0.25, -0.2) is 0 Å². The lowest BCUT2D eigenvalue weighted by Crippen LogP contribution is -2.30. The summed E-state index contributed by atoms with van der Waals surface area (Å²) in [5.74, 6) is -0.940.